The number of hydrogen-bond acceptors (Lipinski definition) is 2. The van der Waals surface area contributed by atoms with Crippen LogP contribution in [0.3, 0.4) is 0 Å². The largest absolute Gasteiger partial charge is 0.369 e. The van der Waals surface area contributed by atoms with Gasteiger partial charge in [-0.1, -0.05) is 0 Å². The molecule has 2 heterocycles. The Kier molecular flexibility index (Phi) is 0.461. The first-order valence-corrected chi connectivity index (χ1v) is 3.24. The highest BCUT2D eigenvalue weighted by atomic mass is 16.6. The predicted molar refractivity (Wildman–Crippen MR) is 26.6 cm³/mol. The molecule has 3 rings (SSSR count). The molecule has 0 unspecified atom stereocenters. The molecule has 2 heteroatoms. The summed E-state index contributed by atoms with van der Waals surface area (Å²) < 4.78 is 10.6. The van der Waals surface area contributed by atoms with E-state index in [2.05, 4.69) is 0 Å². The Morgan fingerprint density at radius 3 is 1.50 bits per heavy atom. The van der Waals surface area contributed by atoms with Gasteiger partial charge in [0.1, 0.15) is 0 Å². The predicted octanol–water partition coefficient (Wildman–Crippen LogP) is 0.315. The monoisotopic (exact) mass is 112 g/mol. The van der Waals surface area contributed by atoms with Crippen molar-refractivity contribution in [2.24, 2.45) is 0 Å². The molecule has 2 aliphatic heterocycles. The van der Waals surface area contributed by atoms with Crippen LogP contribution in [0.25, 0.3) is 0 Å². The molecule has 0 N–H and O–H groups in total. The molecule has 4 atom stereocenters. The second-order valence-corrected chi connectivity index (χ2v) is 2.90. The van der Waals surface area contributed by atoms with Crippen LogP contribution in [-0.4, -0.2) is 24.4 Å². The van der Waals surface area contributed by atoms with Gasteiger partial charge in [-0.2, -0.15) is 0 Å². The van der Waals surface area contributed by atoms with Crippen LogP contribution in [0.1, 0.15) is 12.8 Å². The molecule has 0 aromatic rings. The molecule has 8 heavy (non-hydrogen) atoms. The number of epoxide rings is 2. The second-order valence-electron chi connectivity index (χ2n) is 2.90. The van der Waals surface area contributed by atoms with Crippen LogP contribution in [-0.2, 0) is 9.47 Å². The summed E-state index contributed by atoms with van der Waals surface area (Å²) in [5.74, 6) is 0. The van der Waals surface area contributed by atoms with Crippen LogP contribution in [0.5, 0.6) is 0 Å². The van der Waals surface area contributed by atoms with E-state index in [1.54, 1.807) is 0 Å². The molecule has 0 radical (unpaired) electrons. The average molecular weight is 112 g/mol. The zero-order chi connectivity index (χ0) is 5.14. The first-order valence-electron chi connectivity index (χ1n) is 3.24. The smallest absolute Gasteiger partial charge is 0.0868 e. The van der Waals surface area contributed by atoms with Gasteiger partial charge in [0.2, 0.25) is 0 Å². The molecular weight excluding hydrogens is 104 g/mol. The SMILES string of the molecule is C1[C@@H]2O[C@H]2C[C@H]2O[C@@H]12. The fourth-order valence-corrected chi connectivity index (χ4v) is 1.65. The van der Waals surface area contributed by atoms with Crippen LogP contribution in [0.2, 0.25) is 0 Å². The van der Waals surface area contributed by atoms with Gasteiger partial charge in [0.05, 0.1) is 24.4 Å². The lowest BCUT2D eigenvalue weighted by molar-refractivity contribution is 0.295. The Hall–Kier alpha value is -0.0800. The van der Waals surface area contributed by atoms with E-state index in [0.29, 0.717) is 24.4 Å². The molecule has 3 fully saturated rings. The first-order chi connectivity index (χ1) is 3.93. The van der Waals surface area contributed by atoms with Crippen molar-refractivity contribution in [2.45, 2.75) is 37.3 Å². The third kappa shape index (κ3) is 0.361. The Morgan fingerprint density at radius 1 is 0.750 bits per heavy atom. The zero-order valence-corrected chi connectivity index (χ0v) is 4.54. The average Bonchev–Trinajstić information content (AvgIpc) is 2.45. The van der Waals surface area contributed by atoms with Gasteiger partial charge in [-0.25, -0.2) is 0 Å². The van der Waals surface area contributed by atoms with E-state index in [9.17, 15) is 0 Å². The number of fused-ring (bicyclic) bond motifs is 2. The first kappa shape index (κ1) is 3.85. The third-order valence-corrected chi connectivity index (χ3v) is 2.30. The zero-order valence-electron chi connectivity index (χ0n) is 4.54. The highest BCUT2D eigenvalue weighted by Gasteiger charge is 2.56. The highest BCUT2D eigenvalue weighted by molar-refractivity contribution is 5.03. The van der Waals surface area contributed by atoms with Gasteiger partial charge in [0.25, 0.3) is 0 Å². The van der Waals surface area contributed by atoms with Crippen molar-refractivity contribution in [1.82, 2.24) is 0 Å². The topological polar surface area (TPSA) is 25.1 Å². The summed E-state index contributed by atoms with van der Waals surface area (Å²) >= 11 is 0. The lowest BCUT2D eigenvalue weighted by Crippen LogP contribution is -2.10. The Morgan fingerprint density at radius 2 is 1.12 bits per heavy atom. The lowest BCUT2D eigenvalue weighted by atomic mass is 10.0. The maximum absolute atomic E-state index is 5.30. The summed E-state index contributed by atoms with van der Waals surface area (Å²) in [4.78, 5) is 0. The molecule has 0 spiro atoms. The van der Waals surface area contributed by atoms with Gasteiger partial charge in [0, 0.05) is 12.8 Å². The summed E-state index contributed by atoms with van der Waals surface area (Å²) in [6, 6.07) is 0. The lowest BCUT2D eigenvalue weighted by Gasteiger charge is -1.94. The van der Waals surface area contributed by atoms with Crippen molar-refractivity contribution in [2.75, 3.05) is 0 Å². The minimum Gasteiger partial charge on any atom is -0.369 e. The van der Waals surface area contributed by atoms with E-state index >= 15 is 0 Å². The fraction of sp³-hybridized carbons (Fsp3) is 1.00. The van der Waals surface area contributed by atoms with Crippen LogP contribution in [0, 0.1) is 0 Å². The summed E-state index contributed by atoms with van der Waals surface area (Å²) in [6.07, 6.45) is 4.74. The van der Waals surface area contributed by atoms with Crippen molar-refractivity contribution in [3.63, 3.8) is 0 Å². The van der Waals surface area contributed by atoms with E-state index in [1.807, 2.05) is 0 Å². The van der Waals surface area contributed by atoms with Gasteiger partial charge in [-0.05, 0) is 0 Å². The van der Waals surface area contributed by atoms with Crippen molar-refractivity contribution in [1.29, 1.82) is 0 Å². The maximum Gasteiger partial charge on any atom is 0.0868 e. The van der Waals surface area contributed by atoms with Crippen molar-refractivity contribution >= 4 is 0 Å². The molecule has 0 bridgehead atoms. The highest BCUT2D eigenvalue weighted by Crippen LogP contribution is 2.46. The van der Waals surface area contributed by atoms with E-state index in [4.69, 9.17) is 9.47 Å². The minimum absolute atomic E-state index is 0.596. The maximum atomic E-state index is 5.30. The molecule has 0 amide bonds. The summed E-state index contributed by atoms with van der Waals surface area (Å²) in [5.41, 5.74) is 0. The summed E-state index contributed by atoms with van der Waals surface area (Å²) in [5, 5.41) is 0. The van der Waals surface area contributed by atoms with Crippen molar-refractivity contribution in [3.05, 3.63) is 0 Å². The van der Waals surface area contributed by atoms with Crippen molar-refractivity contribution in [3.8, 4) is 0 Å². The van der Waals surface area contributed by atoms with Crippen LogP contribution >= 0.6 is 0 Å². The quantitative estimate of drug-likeness (QED) is 0.421. The van der Waals surface area contributed by atoms with E-state index < -0.39 is 0 Å². The minimum atomic E-state index is 0.596. The van der Waals surface area contributed by atoms with Gasteiger partial charge >= 0.3 is 0 Å². The molecular formula is C6H8O2. The molecule has 0 aromatic heterocycles. The summed E-state index contributed by atoms with van der Waals surface area (Å²) in [7, 11) is 0. The third-order valence-electron chi connectivity index (χ3n) is 2.30. The van der Waals surface area contributed by atoms with Gasteiger partial charge in [-0.3, -0.25) is 0 Å². The van der Waals surface area contributed by atoms with Crippen LogP contribution < -0.4 is 0 Å². The van der Waals surface area contributed by atoms with E-state index in [-0.39, 0.29) is 0 Å². The Balaban J connectivity index is 1.85. The number of ether oxygens (including phenoxy) is 2. The summed E-state index contributed by atoms with van der Waals surface area (Å²) in [6.45, 7) is 0. The van der Waals surface area contributed by atoms with Gasteiger partial charge in [-0.15, -0.1) is 0 Å². The molecule has 1 aliphatic carbocycles. The van der Waals surface area contributed by atoms with Crippen molar-refractivity contribution < 1.29 is 9.47 Å². The number of rotatable bonds is 0. The van der Waals surface area contributed by atoms with Gasteiger partial charge < -0.3 is 9.47 Å². The molecule has 0 aromatic carbocycles. The molecule has 2 nitrogen and oxygen atoms in total. The molecule has 3 aliphatic rings. The Labute approximate surface area is 47.8 Å². The van der Waals surface area contributed by atoms with Gasteiger partial charge in [0.15, 0.2) is 0 Å². The standard InChI is InChI=1S/C6H8O2/c1-3-5(7-3)2-6-4(1)8-6/h3-6H,1-2H2/t3-,4-,5-,6+/m0/s1. The fourth-order valence-electron chi connectivity index (χ4n) is 1.65. The van der Waals surface area contributed by atoms with E-state index in [0.717, 1.165) is 0 Å². The molecule has 2 saturated heterocycles. The van der Waals surface area contributed by atoms with E-state index in [1.165, 1.54) is 12.8 Å². The molecule has 44 valence electrons. The number of hydrogen-bond donors (Lipinski definition) is 0. The van der Waals surface area contributed by atoms with Crippen LogP contribution in [0.4, 0.5) is 0 Å². The van der Waals surface area contributed by atoms with Crippen LogP contribution in [0.15, 0.2) is 0 Å². The normalized spacial score (nSPS) is 66.0. The Bertz CT molecular complexity index is 106. The molecule has 1 saturated carbocycles. The second kappa shape index (κ2) is 0.957.